The molecule has 2 aromatic rings. The van der Waals surface area contributed by atoms with Gasteiger partial charge in [0.05, 0.1) is 5.69 Å². The number of nitrogens with one attached hydrogen (secondary N) is 1. The van der Waals surface area contributed by atoms with E-state index in [0.717, 1.165) is 12.0 Å². The molecule has 0 aliphatic carbocycles. The summed E-state index contributed by atoms with van der Waals surface area (Å²) < 4.78 is 13.7. The molecule has 1 amide bonds. The molecule has 0 aliphatic heterocycles. The van der Waals surface area contributed by atoms with Crippen molar-refractivity contribution in [3.05, 3.63) is 65.0 Å². The quantitative estimate of drug-likeness (QED) is 0.726. The molecule has 0 aliphatic rings. The summed E-state index contributed by atoms with van der Waals surface area (Å²) in [6, 6.07) is 12.1. The second-order valence-electron chi connectivity index (χ2n) is 6.75. The molecular formula is C21H24FNO2. The zero-order valence-electron chi connectivity index (χ0n) is 14.9. The molecular weight excluding hydrogens is 317 g/mol. The van der Waals surface area contributed by atoms with E-state index in [1.54, 1.807) is 25.1 Å². The number of Topliss-reactive ketones (excluding diaryl/α,β-unsaturated/α-hetero) is 1. The van der Waals surface area contributed by atoms with Crippen LogP contribution in [0.1, 0.15) is 48.2 Å². The number of anilines is 1. The zero-order chi connectivity index (χ0) is 18.4. The van der Waals surface area contributed by atoms with E-state index in [2.05, 4.69) is 19.2 Å². The van der Waals surface area contributed by atoms with Crippen LogP contribution in [0.3, 0.4) is 0 Å². The normalized spacial score (nSPS) is 10.8. The lowest BCUT2D eigenvalue weighted by Gasteiger charge is -2.08. The molecule has 0 atom stereocenters. The van der Waals surface area contributed by atoms with Crippen LogP contribution in [-0.2, 0) is 11.2 Å². The van der Waals surface area contributed by atoms with Crippen molar-refractivity contribution in [3.8, 4) is 0 Å². The molecule has 0 heterocycles. The number of carbonyl (C=O) groups is 2. The number of ketones is 1. The van der Waals surface area contributed by atoms with Gasteiger partial charge in [0.2, 0.25) is 5.91 Å². The fourth-order valence-corrected chi connectivity index (χ4v) is 2.60. The SMILES string of the molecule is Cc1ccc(NC(=O)CCC(=O)c2ccc(CC(C)C)cc2)c(F)c1. The third-order valence-electron chi connectivity index (χ3n) is 3.90. The molecule has 25 heavy (non-hydrogen) atoms. The molecule has 1 N–H and O–H groups in total. The molecule has 0 bridgehead atoms. The summed E-state index contributed by atoms with van der Waals surface area (Å²) in [6.07, 6.45) is 1.10. The van der Waals surface area contributed by atoms with Crippen molar-refractivity contribution in [1.82, 2.24) is 0 Å². The first-order valence-electron chi connectivity index (χ1n) is 8.53. The van der Waals surface area contributed by atoms with Crippen molar-refractivity contribution >= 4 is 17.4 Å². The van der Waals surface area contributed by atoms with E-state index in [1.807, 2.05) is 12.1 Å². The minimum Gasteiger partial charge on any atom is -0.324 e. The Bertz CT molecular complexity index is 751. The Morgan fingerprint density at radius 1 is 1.04 bits per heavy atom. The predicted octanol–water partition coefficient (Wildman–Crippen LogP) is 4.93. The van der Waals surface area contributed by atoms with Crippen LogP contribution in [-0.4, -0.2) is 11.7 Å². The Balaban J connectivity index is 1.87. The summed E-state index contributed by atoms with van der Waals surface area (Å²) in [5, 5.41) is 2.51. The lowest BCUT2D eigenvalue weighted by Crippen LogP contribution is -2.14. The highest BCUT2D eigenvalue weighted by Crippen LogP contribution is 2.16. The molecule has 4 heteroatoms. The number of aryl methyl sites for hydroxylation is 1. The van der Waals surface area contributed by atoms with Crippen LogP contribution in [0.15, 0.2) is 42.5 Å². The van der Waals surface area contributed by atoms with Gasteiger partial charge in [-0.2, -0.15) is 0 Å². The Kier molecular flexibility index (Phi) is 6.45. The number of amides is 1. The monoisotopic (exact) mass is 341 g/mol. The number of benzene rings is 2. The molecule has 0 saturated carbocycles. The van der Waals surface area contributed by atoms with Crippen molar-refractivity contribution in [2.75, 3.05) is 5.32 Å². The van der Waals surface area contributed by atoms with Crippen molar-refractivity contribution in [3.63, 3.8) is 0 Å². The van der Waals surface area contributed by atoms with Gasteiger partial charge in [0.25, 0.3) is 0 Å². The van der Waals surface area contributed by atoms with Gasteiger partial charge in [-0.05, 0) is 42.5 Å². The van der Waals surface area contributed by atoms with E-state index in [9.17, 15) is 14.0 Å². The van der Waals surface area contributed by atoms with Gasteiger partial charge in [-0.15, -0.1) is 0 Å². The lowest BCUT2D eigenvalue weighted by atomic mass is 9.99. The molecule has 3 nitrogen and oxygen atoms in total. The second-order valence-corrected chi connectivity index (χ2v) is 6.75. The van der Waals surface area contributed by atoms with Crippen LogP contribution in [0.4, 0.5) is 10.1 Å². The van der Waals surface area contributed by atoms with Gasteiger partial charge >= 0.3 is 0 Å². The fourth-order valence-electron chi connectivity index (χ4n) is 2.60. The number of halogens is 1. The summed E-state index contributed by atoms with van der Waals surface area (Å²) >= 11 is 0. The van der Waals surface area contributed by atoms with Crippen LogP contribution in [0.25, 0.3) is 0 Å². The minimum atomic E-state index is -0.472. The maximum absolute atomic E-state index is 13.7. The van der Waals surface area contributed by atoms with E-state index < -0.39 is 5.82 Å². The molecule has 0 spiro atoms. The van der Waals surface area contributed by atoms with E-state index in [0.29, 0.717) is 11.5 Å². The highest BCUT2D eigenvalue weighted by Gasteiger charge is 2.11. The molecule has 0 unspecified atom stereocenters. The molecule has 0 radical (unpaired) electrons. The van der Waals surface area contributed by atoms with E-state index in [1.165, 1.54) is 17.7 Å². The Morgan fingerprint density at radius 3 is 2.32 bits per heavy atom. The van der Waals surface area contributed by atoms with E-state index in [4.69, 9.17) is 0 Å². The van der Waals surface area contributed by atoms with Gasteiger partial charge in [-0.25, -0.2) is 4.39 Å². The highest BCUT2D eigenvalue weighted by atomic mass is 19.1. The van der Waals surface area contributed by atoms with Crippen LogP contribution >= 0.6 is 0 Å². The molecule has 2 aromatic carbocycles. The zero-order valence-corrected chi connectivity index (χ0v) is 14.9. The van der Waals surface area contributed by atoms with E-state index in [-0.39, 0.29) is 30.2 Å². The maximum atomic E-state index is 13.7. The first-order valence-corrected chi connectivity index (χ1v) is 8.53. The van der Waals surface area contributed by atoms with Crippen LogP contribution in [0.5, 0.6) is 0 Å². The topological polar surface area (TPSA) is 46.2 Å². The van der Waals surface area contributed by atoms with Crippen molar-refractivity contribution in [2.45, 2.75) is 40.0 Å². The summed E-state index contributed by atoms with van der Waals surface area (Å²) in [4.78, 5) is 24.1. The van der Waals surface area contributed by atoms with Gasteiger partial charge < -0.3 is 5.32 Å². The van der Waals surface area contributed by atoms with Gasteiger partial charge in [-0.1, -0.05) is 44.2 Å². The summed E-state index contributed by atoms with van der Waals surface area (Å²) in [5.74, 6) is -0.365. The Hall–Kier alpha value is -2.49. The van der Waals surface area contributed by atoms with Crippen LogP contribution < -0.4 is 5.32 Å². The summed E-state index contributed by atoms with van der Waals surface area (Å²) in [7, 11) is 0. The number of carbonyl (C=O) groups excluding carboxylic acids is 2. The molecule has 2 rings (SSSR count). The Morgan fingerprint density at radius 2 is 1.72 bits per heavy atom. The van der Waals surface area contributed by atoms with Crippen molar-refractivity contribution in [1.29, 1.82) is 0 Å². The smallest absolute Gasteiger partial charge is 0.224 e. The second kappa shape index (κ2) is 8.56. The average Bonchev–Trinajstić information content (AvgIpc) is 2.55. The van der Waals surface area contributed by atoms with Crippen molar-refractivity contribution < 1.29 is 14.0 Å². The lowest BCUT2D eigenvalue weighted by molar-refractivity contribution is -0.116. The predicted molar refractivity (Wildman–Crippen MR) is 98.3 cm³/mol. The molecule has 0 fully saturated rings. The number of hydrogen-bond donors (Lipinski definition) is 1. The van der Waals surface area contributed by atoms with Crippen molar-refractivity contribution in [2.24, 2.45) is 5.92 Å². The number of hydrogen-bond acceptors (Lipinski definition) is 2. The molecule has 132 valence electrons. The first-order chi connectivity index (χ1) is 11.8. The van der Waals surface area contributed by atoms with Crippen LogP contribution in [0, 0.1) is 18.7 Å². The minimum absolute atomic E-state index is 0.0277. The largest absolute Gasteiger partial charge is 0.324 e. The van der Waals surface area contributed by atoms with Gasteiger partial charge in [0.15, 0.2) is 5.78 Å². The van der Waals surface area contributed by atoms with Gasteiger partial charge in [-0.3, -0.25) is 9.59 Å². The molecule has 0 aromatic heterocycles. The standard InChI is InChI=1S/C21H24FNO2/c1-14(2)12-16-5-7-17(8-6-16)20(24)10-11-21(25)23-19-9-4-15(3)13-18(19)22/h4-9,13-14H,10-12H2,1-3H3,(H,23,25). The first kappa shape index (κ1) is 18.8. The van der Waals surface area contributed by atoms with E-state index >= 15 is 0 Å². The summed E-state index contributed by atoms with van der Waals surface area (Å²) in [5.41, 5.74) is 2.72. The average molecular weight is 341 g/mol. The van der Waals surface area contributed by atoms with Crippen LogP contribution in [0.2, 0.25) is 0 Å². The van der Waals surface area contributed by atoms with Gasteiger partial charge in [0, 0.05) is 18.4 Å². The maximum Gasteiger partial charge on any atom is 0.224 e. The third-order valence-corrected chi connectivity index (χ3v) is 3.90. The summed E-state index contributed by atoms with van der Waals surface area (Å²) in [6.45, 7) is 6.07. The fraction of sp³-hybridized carbons (Fsp3) is 0.333. The number of rotatable bonds is 7. The Labute approximate surface area is 148 Å². The molecule has 0 saturated heterocycles. The third kappa shape index (κ3) is 5.82. The highest BCUT2D eigenvalue weighted by molar-refractivity contribution is 6.00. The van der Waals surface area contributed by atoms with Gasteiger partial charge in [0.1, 0.15) is 5.82 Å².